The summed E-state index contributed by atoms with van der Waals surface area (Å²) in [4.78, 5) is 26.7. The number of carbonyl (C=O) groups is 2. The molecule has 0 amide bonds. The Morgan fingerprint density at radius 3 is 2.68 bits per heavy atom. The van der Waals surface area contributed by atoms with Crippen molar-refractivity contribution in [2.45, 2.75) is 38.5 Å². The van der Waals surface area contributed by atoms with Crippen LogP contribution < -0.4 is 0 Å². The number of carbonyl (C=O) groups excluding carboxylic acids is 2. The van der Waals surface area contributed by atoms with Crippen LogP contribution in [0.1, 0.15) is 38.2 Å². The number of rotatable bonds is 5. The average Bonchev–Trinajstić information content (AvgIpc) is 2.73. The lowest BCUT2D eigenvalue weighted by Gasteiger charge is -2.18. The summed E-state index contributed by atoms with van der Waals surface area (Å²) >= 11 is 1.07. The molecule has 0 fully saturated rings. The van der Waals surface area contributed by atoms with E-state index in [1.807, 2.05) is 0 Å². The first-order chi connectivity index (χ1) is 8.81. The fourth-order valence-corrected chi connectivity index (χ4v) is 1.69. The van der Waals surface area contributed by atoms with Crippen molar-refractivity contribution >= 4 is 23.7 Å². The number of esters is 2. The zero-order valence-corrected chi connectivity index (χ0v) is 12.2. The van der Waals surface area contributed by atoms with Gasteiger partial charge in [-0.1, -0.05) is 11.8 Å². The van der Waals surface area contributed by atoms with Crippen LogP contribution in [0, 0.1) is 0 Å². The molecule has 0 saturated heterocycles. The number of ether oxygens (including phenoxy) is 2. The van der Waals surface area contributed by atoms with Crippen molar-refractivity contribution in [2.75, 3.05) is 12.4 Å². The van der Waals surface area contributed by atoms with Crippen molar-refractivity contribution < 1.29 is 23.5 Å². The second kappa shape index (κ2) is 6.60. The molecule has 1 heterocycles. The Balaban J connectivity index is 2.46. The van der Waals surface area contributed by atoms with Crippen LogP contribution in [0.5, 0.6) is 0 Å². The van der Waals surface area contributed by atoms with E-state index in [1.54, 1.807) is 27.7 Å². The minimum absolute atomic E-state index is 0.0695. The number of hydrogen-bond acceptors (Lipinski definition) is 7. The van der Waals surface area contributed by atoms with Gasteiger partial charge in [-0.15, -0.1) is 0 Å². The minimum Gasteiger partial charge on any atom is -0.461 e. The van der Waals surface area contributed by atoms with Crippen LogP contribution in [0.25, 0.3) is 0 Å². The van der Waals surface area contributed by atoms with E-state index < -0.39 is 11.6 Å². The first kappa shape index (κ1) is 15.6. The molecule has 1 aromatic rings. The van der Waals surface area contributed by atoms with Gasteiger partial charge in [-0.25, -0.2) is 4.79 Å². The van der Waals surface area contributed by atoms with E-state index in [-0.39, 0.29) is 29.2 Å². The van der Waals surface area contributed by atoms with Crippen LogP contribution in [0.2, 0.25) is 0 Å². The molecule has 0 radical (unpaired) electrons. The standard InChI is InChI=1S/C12H17NO5S/c1-5-16-10(15)8-6-17-11(13-8)19-7-9(14)18-12(2,3)4/h6H,5,7H2,1-4H3. The summed E-state index contributed by atoms with van der Waals surface area (Å²) in [5.74, 6) is -0.844. The fourth-order valence-electron chi connectivity index (χ4n) is 1.11. The molecular weight excluding hydrogens is 270 g/mol. The van der Waals surface area contributed by atoms with Gasteiger partial charge in [0.25, 0.3) is 5.22 Å². The lowest BCUT2D eigenvalue weighted by molar-refractivity contribution is -0.151. The van der Waals surface area contributed by atoms with Crippen molar-refractivity contribution in [3.05, 3.63) is 12.0 Å². The van der Waals surface area contributed by atoms with E-state index in [9.17, 15) is 9.59 Å². The third kappa shape index (κ3) is 5.78. The van der Waals surface area contributed by atoms with E-state index in [4.69, 9.17) is 13.9 Å². The summed E-state index contributed by atoms with van der Waals surface area (Å²) in [6.07, 6.45) is 1.20. The third-order valence-electron chi connectivity index (χ3n) is 1.70. The maximum absolute atomic E-state index is 11.5. The molecule has 0 N–H and O–H groups in total. The molecule has 0 aliphatic carbocycles. The highest BCUT2D eigenvalue weighted by Gasteiger charge is 2.18. The molecule has 7 heteroatoms. The maximum atomic E-state index is 11.5. The van der Waals surface area contributed by atoms with Gasteiger partial charge < -0.3 is 13.9 Å². The normalized spacial score (nSPS) is 11.2. The van der Waals surface area contributed by atoms with Crippen LogP contribution in [0.4, 0.5) is 0 Å². The van der Waals surface area contributed by atoms with Crippen LogP contribution >= 0.6 is 11.8 Å². The topological polar surface area (TPSA) is 78.6 Å². The van der Waals surface area contributed by atoms with Gasteiger partial charge in [-0.3, -0.25) is 4.79 Å². The van der Waals surface area contributed by atoms with Crippen molar-refractivity contribution in [1.29, 1.82) is 0 Å². The van der Waals surface area contributed by atoms with Crippen LogP contribution in [0.15, 0.2) is 15.9 Å². The molecule has 19 heavy (non-hydrogen) atoms. The smallest absolute Gasteiger partial charge is 0.360 e. The number of nitrogens with zero attached hydrogens (tertiary/aromatic N) is 1. The van der Waals surface area contributed by atoms with E-state index in [0.717, 1.165) is 11.8 Å². The molecule has 0 saturated carbocycles. The summed E-state index contributed by atoms with van der Waals surface area (Å²) in [6.45, 7) is 7.35. The monoisotopic (exact) mass is 287 g/mol. The molecule has 0 spiro atoms. The van der Waals surface area contributed by atoms with Gasteiger partial charge >= 0.3 is 11.9 Å². The van der Waals surface area contributed by atoms with Gasteiger partial charge in [-0.2, -0.15) is 4.98 Å². The number of aromatic nitrogens is 1. The molecule has 1 rings (SSSR count). The molecule has 0 aromatic carbocycles. The highest BCUT2D eigenvalue weighted by Crippen LogP contribution is 2.19. The van der Waals surface area contributed by atoms with Crippen molar-refractivity contribution in [3.63, 3.8) is 0 Å². The Morgan fingerprint density at radius 1 is 1.42 bits per heavy atom. The fraction of sp³-hybridized carbons (Fsp3) is 0.583. The molecule has 0 aliphatic rings. The lowest BCUT2D eigenvalue weighted by atomic mass is 10.2. The lowest BCUT2D eigenvalue weighted by Crippen LogP contribution is -2.24. The molecule has 106 valence electrons. The zero-order valence-electron chi connectivity index (χ0n) is 11.4. The molecule has 1 aromatic heterocycles. The molecule has 6 nitrogen and oxygen atoms in total. The van der Waals surface area contributed by atoms with Crippen LogP contribution in [0.3, 0.4) is 0 Å². The quantitative estimate of drug-likeness (QED) is 0.607. The number of thioether (sulfide) groups is 1. The third-order valence-corrected chi connectivity index (χ3v) is 2.52. The highest BCUT2D eigenvalue weighted by atomic mass is 32.2. The maximum Gasteiger partial charge on any atom is 0.360 e. The molecular formula is C12H17NO5S. The van der Waals surface area contributed by atoms with Crippen LogP contribution in [-0.4, -0.2) is 34.9 Å². The van der Waals surface area contributed by atoms with E-state index in [1.165, 1.54) is 6.26 Å². The predicted molar refractivity (Wildman–Crippen MR) is 69.0 cm³/mol. The largest absolute Gasteiger partial charge is 0.461 e. The molecule has 0 aliphatic heterocycles. The summed E-state index contributed by atoms with van der Waals surface area (Å²) < 4.78 is 15.0. The van der Waals surface area contributed by atoms with Gasteiger partial charge in [0.15, 0.2) is 5.69 Å². The molecule has 0 atom stereocenters. The second-order valence-corrected chi connectivity index (χ2v) is 5.52. The Labute approximate surface area is 115 Å². The second-order valence-electron chi connectivity index (χ2n) is 4.59. The van der Waals surface area contributed by atoms with Crippen molar-refractivity contribution in [3.8, 4) is 0 Å². The first-order valence-electron chi connectivity index (χ1n) is 5.79. The van der Waals surface area contributed by atoms with Crippen LogP contribution in [-0.2, 0) is 14.3 Å². The predicted octanol–water partition coefficient (Wildman–Crippen LogP) is 2.29. The summed E-state index contributed by atoms with van der Waals surface area (Å²) in [5, 5.41) is 0.230. The van der Waals surface area contributed by atoms with Gasteiger partial charge in [-0.05, 0) is 27.7 Å². The van der Waals surface area contributed by atoms with Gasteiger partial charge in [0.2, 0.25) is 0 Å². The Kier molecular flexibility index (Phi) is 5.41. The van der Waals surface area contributed by atoms with E-state index >= 15 is 0 Å². The Morgan fingerprint density at radius 2 is 2.11 bits per heavy atom. The van der Waals surface area contributed by atoms with Crippen molar-refractivity contribution in [1.82, 2.24) is 4.98 Å². The Hall–Kier alpha value is -1.50. The van der Waals surface area contributed by atoms with Gasteiger partial charge in [0.05, 0.1) is 6.61 Å². The summed E-state index contributed by atoms with van der Waals surface area (Å²) in [6, 6.07) is 0. The average molecular weight is 287 g/mol. The molecule has 0 unspecified atom stereocenters. The van der Waals surface area contributed by atoms with E-state index in [0.29, 0.717) is 0 Å². The first-order valence-corrected chi connectivity index (χ1v) is 6.77. The van der Waals surface area contributed by atoms with Gasteiger partial charge in [0.1, 0.15) is 17.6 Å². The highest BCUT2D eigenvalue weighted by molar-refractivity contribution is 7.99. The summed E-state index contributed by atoms with van der Waals surface area (Å²) in [5.41, 5.74) is -0.432. The SMILES string of the molecule is CCOC(=O)c1coc(SCC(=O)OC(C)(C)C)n1. The summed E-state index contributed by atoms with van der Waals surface area (Å²) in [7, 11) is 0. The zero-order chi connectivity index (χ0) is 14.5. The van der Waals surface area contributed by atoms with E-state index in [2.05, 4.69) is 4.98 Å². The van der Waals surface area contributed by atoms with Crippen molar-refractivity contribution in [2.24, 2.45) is 0 Å². The Bertz CT molecular complexity index is 449. The minimum atomic E-state index is -0.546. The number of oxazole rings is 1. The van der Waals surface area contributed by atoms with Gasteiger partial charge in [0, 0.05) is 0 Å². The molecule has 0 bridgehead atoms. The number of hydrogen-bond donors (Lipinski definition) is 0.